The third-order valence-electron chi connectivity index (χ3n) is 4.19. The average molecular weight is 471 g/mol. The van der Waals surface area contributed by atoms with Crippen LogP contribution >= 0.6 is 24.0 Å². The Bertz CT molecular complexity index is 693. The number of nitrogens with one attached hydrogen (secondary N) is 2. The minimum atomic E-state index is -0.148. The molecule has 1 aromatic heterocycles. The molecule has 1 heterocycles. The summed E-state index contributed by atoms with van der Waals surface area (Å²) < 4.78 is 5.31. The maximum absolute atomic E-state index is 5.31. The molecule has 2 rings (SSSR count). The van der Waals surface area contributed by atoms with Gasteiger partial charge in [-0.2, -0.15) is 4.98 Å². The number of guanidine groups is 1. The van der Waals surface area contributed by atoms with E-state index in [4.69, 9.17) is 4.52 Å². The summed E-state index contributed by atoms with van der Waals surface area (Å²) in [6.45, 7) is 11.0. The van der Waals surface area contributed by atoms with Gasteiger partial charge in [0, 0.05) is 24.4 Å². The normalized spacial score (nSPS) is 14.3. The first kappa shape index (κ1) is 22.4. The van der Waals surface area contributed by atoms with Gasteiger partial charge in [0.2, 0.25) is 5.89 Å². The zero-order chi connectivity index (χ0) is 18.4. The number of benzene rings is 1. The van der Waals surface area contributed by atoms with Crippen LogP contribution in [0.1, 0.15) is 57.8 Å². The Hall–Kier alpha value is -1.64. The molecule has 1 aromatic carbocycles. The van der Waals surface area contributed by atoms with E-state index in [1.54, 1.807) is 7.05 Å². The predicted molar refractivity (Wildman–Crippen MR) is 116 cm³/mol. The molecule has 0 fully saturated rings. The van der Waals surface area contributed by atoms with Crippen LogP contribution in [-0.4, -0.2) is 29.2 Å². The molecule has 2 aromatic rings. The van der Waals surface area contributed by atoms with Crippen LogP contribution in [0.25, 0.3) is 0 Å². The summed E-state index contributed by atoms with van der Waals surface area (Å²) in [6.07, 6.45) is 0. The molecular weight excluding hydrogens is 441 g/mol. The predicted octanol–water partition coefficient (Wildman–Crippen LogP) is 3.84. The van der Waals surface area contributed by atoms with E-state index in [1.807, 2.05) is 26.8 Å². The van der Waals surface area contributed by atoms with Gasteiger partial charge in [-0.15, -0.1) is 24.0 Å². The SMILES string of the molecule is CN=C(NCc1noc(C(C)(C)C)n1)NC(C)C(C)c1ccccc1.I. The van der Waals surface area contributed by atoms with Gasteiger partial charge in [0.25, 0.3) is 0 Å². The first-order valence-corrected chi connectivity index (χ1v) is 8.66. The Labute approximate surface area is 173 Å². The lowest BCUT2D eigenvalue weighted by Crippen LogP contribution is -2.44. The molecule has 0 aliphatic heterocycles. The molecule has 0 saturated carbocycles. The highest BCUT2D eigenvalue weighted by molar-refractivity contribution is 14.0. The highest BCUT2D eigenvalue weighted by Gasteiger charge is 2.22. The lowest BCUT2D eigenvalue weighted by Gasteiger charge is -2.23. The maximum atomic E-state index is 5.31. The summed E-state index contributed by atoms with van der Waals surface area (Å²) in [6, 6.07) is 10.7. The zero-order valence-electron chi connectivity index (χ0n) is 16.4. The Morgan fingerprint density at radius 3 is 2.38 bits per heavy atom. The third kappa shape index (κ3) is 6.26. The van der Waals surface area contributed by atoms with E-state index >= 15 is 0 Å². The lowest BCUT2D eigenvalue weighted by atomic mass is 9.94. The van der Waals surface area contributed by atoms with Crippen molar-refractivity contribution in [2.45, 2.75) is 58.5 Å². The topological polar surface area (TPSA) is 75.3 Å². The van der Waals surface area contributed by atoms with E-state index in [0.717, 1.165) is 5.96 Å². The van der Waals surface area contributed by atoms with Gasteiger partial charge in [0.05, 0.1) is 6.54 Å². The number of nitrogens with zero attached hydrogens (tertiary/aromatic N) is 3. The fourth-order valence-electron chi connectivity index (χ4n) is 2.37. The highest BCUT2D eigenvalue weighted by Crippen LogP contribution is 2.20. The van der Waals surface area contributed by atoms with Crippen molar-refractivity contribution in [2.75, 3.05) is 7.05 Å². The maximum Gasteiger partial charge on any atom is 0.232 e. The van der Waals surface area contributed by atoms with E-state index < -0.39 is 0 Å². The summed E-state index contributed by atoms with van der Waals surface area (Å²) in [5.74, 6) is 2.34. The summed E-state index contributed by atoms with van der Waals surface area (Å²) in [7, 11) is 1.76. The van der Waals surface area contributed by atoms with Crippen LogP contribution in [0.4, 0.5) is 0 Å². The van der Waals surface area contributed by atoms with Crippen LogP contribution in [0.15, 0.2) is 39.8 Å². The Balaban J connectivity index is 0.00000338. The van der Waals surface area contributed by atoms with Crippen molar-refractivity contribution in [3.05, 3.63) is 47.6 Å². The van der Waals surface area contributed by atoms with E-state index in [1.165, 1.54) is 5.56 Å². The second-order valence-corrected chi connectivity index (χ2v) is 7.32. The number of hydrogen-bond acceptors (Lipinski definition) is 4. The molecule has 0 aliphatic rings. The van der Waals surface area contributed by atoms with Crippen LogP contribution in [0.3, 0.4) is 0 Å². The zero-order valence-corrected chi connectivity index (χ0v) is 18.7. The van der Waals surface area contributed by atoms with Crippen molar-refractivity contribution in [1.29, 1.82) is 0 Å². The van der Waals surface area contributed by atoms with Gasteiger partial charge in [-0.25, -0.2) is 0 Å². The van der Waals surface area contributed by atoms with Crippen LogP contribution < -0.4 is 10.6 Å². The molecule has 0 radical (unpaired) electrons. The molecule has 6 nitrogen and oxygen atoms in total. The van der Waals surface area contributed by atoms with Crippen LogP contribution in [0.5, 0.6) is 0 Å². The average Bonchev–Trinajstić information content (AvgIpc) is 3.08. The monoisotopic (exact) mass is 471 g/mol. The second kappa shape index (κ2) is 9.89. The van der Waals surface area contributed by atoms with Gasteiger partial charge >= 0.3 is 0 Å². The Morgan fingerprint density at radius 1 is 1.19 bits per heavy atom. The van der Waals surface area contributed by atoms with Gasteiger partial charge in [-0.1, -0.05) is 63.2 Å². The number of aliphatic imine (C=N–C) groups is 1. The minimum Gasteiger partial charge on any atom is -0.353 e. The number of aromatic nitrogens is 2. The van der Waals surface area contributed by atoms with Crippen molar-refractivity contribution >= 4 is 29.9 Å². The van der Waals surface area contributed by atoms with Gasteiger partial charge < -0.3 is 15.2 Å². The van der Waals surface area contributed by atoms with Gasteiger partial charge in [-0.05, 0) is 12.5 Å². The minimum absolute atomic E-state index is 0. The molecule has 7 heteroatoms. The summed E-state index contributed by atoms with van der Waals surface area (Å²) in [5, 5.41) is 10.7. The molecule has 2 unspecified atom stereocenters. The van der Waals surface area contributed by atoms with Crippen molar-refractivity contribution in [1.82, 2.24) is 20.8 Å². The molecule has 2 atom stereocenters. The smallest absolute Gasteiger partial charge is 0.232 e. The van der Waals surface area contributed by atoms with Crippen molar-refractivity contribution in [3.63, 3.8) is 0 Å². The molecule has 0 saturated heterocycles. The van der Waals surface area contributed by atoms with Gasteiger partial charge in [-0.3, -0.25) is 4.99 Å². The molecule has 0 aliphatic carbocycles. The summed E-state index contributed by atoms with van der Waals surface area (Å²) in [5.41, 5.74) is 1.15. The van der Waals surface area contributed by atoms with Crippen LogP contribution in [0, 0.1) is 0 Å². The molecule has 0 spiro atoms. The molecule has 144 valence electrons. The fourth-order valence-corrected chi connectivity index (χ4v) is 2.37. The summed E-state index contributed by atoms with van der Waals surface area (Å²) in [4.78, 5) is 8.71. The fraction of sp³-hybridized carbons (Fsp3) is 0.526. The van der Waals surface area contributed by atoms with Gasteiger partial charge in [0.15, 0.2) is 11.8 Å². The molecule has 2 N–H and O–H groups in total. The quantitative estimate of drug-likeness (QED) is 0.394. The molecular formula is C19H30IN5O. The molecule has 0 bridgehead atoms. The van der Waals surface area contributed by atoms with E-state index in [9.17, 15) is 0 Å². The van der Waals surface area contributed by atoms with Crippen LogP contribution in [-0.2, 0) is 12.0 Å². The standard InChI is InChI=1S/C19H29N5O.HI/c1-13(15-10-8-7-9-11-15)14(2)22-18(20-6)21-12-16-23-17(25-24-16)19(3,4)5;/h7-11,13-14H,12H2,1-6H3,(H2,20,21,22);1H. The van der Waals surface area contributed by atoms with E-state index in [2.05, 4.69) is 63.9 Å². The van der Waals surface area contributed by atoms with Crippen LogP contribution in [0.2, 0.25) is 0 Å². The van der Waals surface area contributed by atoms with Gasteiger partial charge in [0.1, 0.15) is 0 Å². The number of hydrogen-bond donors (Lipinski definition) is 2. The first-order valence-electron chi connectivity index (χ1n) is 8.66. The van der Waals surface area contributed by atoms with Crippen molar-refractivity contribution in [2.24, 2.45) is 4.99 Å². The Morgan fingerprint density at radius 2 is 1.85 bits per heavy atom. The Kier molecular flexibility index (Phi) is 8.52. The lowest BCUT2D eigenvalue weighted by molar-refractivity contribution is 0.318. The number of rotatable bonds is 5. The largest absolute Gasteiger partial charge is 0.353 e. The first-order chi connectivity index (χ1) is 11.8. The molecule has 0 amide bonds. The number of halogens is 1. The van der Waals surface area contributed by atoms with E-state index in [-0.39, 0.29) is 35.4 Å². The highest BCUT2D eigenvalue weighted by atomic mass is 127. The molecule has 26 heavy (non-hydrogen) atoms. The second-order valence-electron chi connectivity index (χ2n) is 7.32. The van der Waals surface area contributed by atoms with Crippen molar-refractivity contribution < 1.29 is 4.52 Å². The third-order valence-corrected chi connectivity index (χ3v) is 4.19. The van der Waals surface area contributed by atoms with E-state index in [0.29, 0.717) is 24.2 Å². The van der Waals surface area contributed by atoms with Crippen molar-refractivity contribution in [3.8, 4) is 0 Å². The summed E-state index contributed by atoms with van der Waals surface area (Å²) >= 11 is 0.